The monoisotopic (exact) mass is 164 g/mol. The molecule has 1 atom stereocenters. The summed E-state index contributed by atoms with van der Waals surface area (Å²) in [5.41, 5.74) is 0.543. The van der Waals surface area contributed by atoms with Crippen LogP contribution in [0.25, 0.3) is 0 Å². The van der Waals surface area contributed by atoms with E-state index in [4.69, 9.17) is 7.98 Å². The summed E-state index contributed by atoms with van der Waals surface area (Å²) in [5.74, 6) is 0. The van der Waals surface area contributed by atoms with E-state index in [0.717, 1.165) is 13.1 Å². The first kappa shape index (κ1) is 8.58. The topological polar surface area (TPSA) is 6.48 Å². The fourth-order valence-electron chi connectivity index (χ4n) is 2.74. The molecule has 2 aliphatic heterocycles. The van der Waals surface area contributed by atoms with Gasteiger partial charge in [-0.2, -0.15) is 0 Å². The smallest absolute Gasteiger partial charge is 0.182 e. The van der Waals surface area contributed by atoms with E-state index >= 15 is 0 Å². The molecule has 0 bridgehead atoms. The molecule has 2 fully saturated rings. The largest absolute Gasteiger partial charge is 0.353 e. The van der Waals surface area contributed by atoms with Crippen LogP contribution in [0.4, 0.5) is 0 Å². The number of hydrogen-bond acceptors (Lipinski definition) is 2. The average molecular weight is 164 g/mol. The Labute approximate surface area is 76.3 Å². The molecule has 2 radical (unpaired) electrons. The summed E-state index contributed by atoms with van der Waals surface area (Å²) in [6.45, 7) is 4.71. The minimum atomic E-state index is 0.543. The van der Waals surface area contributed by atoms with E-state index in [1.165, 1.54) is 32.4 Å². The highest BCUT2D eigenvalue weighted by atomic mass is 15.2. The summed E-state index contributed by atoms with van der Waals surface area (Å²) in [6.07, 6.45) is 4.01. The maximum atomic E-state index is 5.85. The highest BCUT2D eigenvalue weighted by molar-refractivity contribution is 6.04. The third-order valence-corrected chi connectivity index (χ3v) is 3.32. The fraction of sp³-hybridized carbons (Fsp3) is 1.00. The second kappa shape index (κ2) is 3.04. The number of rotatable bonds is 0. The van der Waals surface area contributed by atoms with Gasteiger partial charge in [-0.25, -0.2) is 0 Å². The minimum Gasteiger partial charge on any atom is -0.353 e. The van der Waals surface area contributed by atoms with Crippen LogP contribution in [0.2, 0.25) is 0 Å². The lowest BCUT2D eigenvalue weighted by Crippen LogP contribution is -2.43. The van der Waals surface area contributed by atoms with Gasteiger partial charge in [0.1, 0.15) is 0 Å². The van der Waals surface area contributed by atoms with E-state index in [1.54, 1.807) is 0 Å². The maximum absolute atomic E-state index is 5.85. The molecule has 12 heavy (non-hydrogen) atoms. The average Bonchev–Trinajstić information content (AvgIpc) is 2.32. The van der Waals surface area contributed by atoms with E-state index in [0.29, 0.717) is 5.41 Å². The van der Waals surface area contributed by atoms with Crippen molar-refractivity contribution in [1.82, 2.24) is 9.71 Å². The fourth-order valence-corrected chi connectivity index (χ4v) is 2.74. The Morgan fingerprint density at radius 2 is 2.00 bits per heavy atom. The zero-order chi connectivity index (χ0) is 8.60. The van der Waals surface area contributed by atoms with Crippen LogP contribution in [-0.2, 0) is 0 Å². The molecule has 0 aliphatic carbocycles. The van der Waals surface area contributed by atoms with Crippen LogP contribution in [0.1, 0.15) is 19.3 Å². The molecule has 2 nitrogen and oxygen atoms in total. The Morgan fingerprint density at radius 1 is 1.17 bits per heavy atom. The molecular formula is C9H17BN2. The molecule has 2 rings (SSSR count). The first-order valence-electron chi connectivity index (χ1n) is 4.88. The van der Waals surface area contributed by atoms with Gasteiger partial charge in [-0.3, -0.25) is 0 Å². The van der Waals surface area contributed by atoms with E-state index in [-0.39, 0.29) is 0 Å². The molecule has 2 aliphatic rings. The van der Waals surface area contributed by atoms with Crippen molar-refractivity contribution in [3.05, 3.63) is 0 Å². The molecule has 0 N–H and O–H groups in total. The molecule has 3 heteroatoms. The van der Waals surface area contributed by atoms with Crippen molar-refractivity contribution in [2.45, 2.75) is 19.3 Å². The van der Waals surface area contributed by atoms with Crippen molar-refractivity contribution in [2.75, 3.05) is 33.2 Å². The number of piperidine rings is 1. The number of nitrogens with zero attached hydrogens (tertiary/aromatic N) is 2. The van der Waals surface area contributed by atoms with Gasteiger partial charge in [0.25, 0.3) is 0 Å². The lowest BCUT2D eigenvalue weighted by molar-refractivity contribution is 0.156. The van der Waals surface area contributed by atoms with Gasteiger partial charge in [0, 0.05) is 6.54 Å². The highest BCUT2D eigenvalue weighted by Gasteiger charge is 2.38. The Kier molecular flexibility index (Phi) is 2.17. The molecule has 1 unspecified atom stereocenters. The van der Waals surface area contributed by atoms with Crippen molar-refractivity contribution in [2.24, 2.45) is 5.41 Å². The number of likely N-dealkylation sites (tertiary alicyclic amines) is 1. The zero-order valence-electron chi connectivity index (χ0n) is 7.92. The maximum Gasteiger partial charge on any atom is 0.182 e. The van der Waals surface area contributed by atoms with Crippen molar-refractivity contribution in [3.63, 3.8) is 0 Å². The van der Waals surface area contributed by atoms with Crippen LogP contribution < -0.4 is 0 Å². The van der Waals surface area contributed by atoms with Gasteiger partial charge < -0.3 is 9.71 Å². The highest BCUT2D eigenvalue weighted by Crippen LogP contribution is 2.37. The predicted octanol–water partition coefficient (Wildman–Crippen LogP) is 0.488. The van der Waals surface area contributed by atoms with Gasteiger partial charge in [-0.05, 0) is 51.4 Å². The first-order chi connectivity index (χ1) is 5.70. The summed E-state index contributed by atoms with van der Waals surface area (Å²) in [7, 11) is 8.06. The van der Waals surface area contributed by atoms with Crippen LogP contribution in [0, 0.1) is 5.41 Å². The number of hydrogen-bond donors (Lipinski definition) is 0. The second-order valence-electron chi connectivity index (χ2n) is 4.56. The van der Waals surface area contributed by atoms with Crippen LogP contribution in [0.5, 0.6) is 0 Å². The van der Waals surface area contributed by atoms with Crippen LogP contribution in [-0.4, -0.2) is 50.9 Å². The molecule has 66 valence electrons. The normalized spacial score (nSPS) is 39.4. The van der Waals surface area contributed by atoms with Gasteiger partial charge in [0.15, 0.2) is 7.98 Å². The minimum absolute atomic E-state index is 0.543. The van der Waals surface area contributed by atoms with Gasteiger partial charge >= 0.3 is 0 Å². The lowest BCUT2D eigenvalue weighted by atomic mass is 9.78. The van der Waals surface area contributed by atoms with Crippen LogP contribution >= 0.6 is 0 Å². The molecule has 2 heterocycles. The van der Waals surface area contributed by atoms with E-state index in [9.17, 15) is 0 Å². The van der Waals surface area contributed by atoms with Crippen molar-refractivity contribution in [3.8, 4) is 0 Å². The first-order valence-corrected chi connectivity index (χ1v) is 4.88. The molecule has 0 saturated carbocycles. The van der Waals surface area contributed by atoms with Gasteiger partial charge in [0.05, 0.1) is 0 Å². The summed E-state index contributed by atoms with van der Waals surface area (Å²) >= 11 is 0. The lowest BCUT2D eigenvalue weighted by Gasteiger charge is -2.39. The third-order valence-electron chi connectivity index (χ3n) is 3.32. The van der Waals surface area contributed by atoms with E-state index in [2.05, 4.69) is 11.9 Å². The standard InChI is InChI=1S/C9H17BN2/c1-11-6-4-9(7-11)3-2-5-12(10)8-9/h2-8H2,1H3. The quantitative estimate of drug-likeness (QED) is 0.480. The zero-order valence-corrected chi connectivity index (χ0v) is 7.92. The summed E-state index contributed by atoms with van der Waals surface area (Å²) in [4.78, 5) is 4.43. The molecule has 0 aromatic carbocycles. The molecule has 0 aromatic rings. The van der Waals surface area contributed by atoms with Crippen molar-refractivity contribution in [1.29, 1.82) is 0 Å². The Bertz CT molecular complexity index is 170. The van der Waals surface area contributed by atoms with Crippen LogP contribution in [0.15, 0.2) is 0 Å². The summed E-state index contributed by atoms with van der Waals surface area (Å²) in [5, 5.41) is 0. The second-order valence-corrected chi connectivity index (χ2v) is 4.56. The van der Waals surface area contributed by atoms with Gasteiger partial charge in [-0.1, -0.05) is 0 Å². The van der Waals surface area contributed by atoms with Crippen LogP contribution in [0.3, 0.4) is 0 Å². The van der Waals surface area contributed by atoms with E-state index in [1.807, 2.05) is 4.81 Å². The molecular weight excluding hydrogens is 147 g/mol. The Hall–Kier alpha value is -0.0151. The molecule has 2 saturated heterocycles. The molecule has 0 aromatic heterocycles. The van der Waals surface area contributed by atoms with Crippen molar-refractivity contribution >= 4 is 7.98 Å². The Morgan fingerprint density at radius 3 is 2.58 bits per heavy atom. The molecule has 0 amide bonds. The summed E-state index contributed by atoms with van der Waals surface area (Å²) < 4.78 is 0. The third kappa shape index (κ3) is 1.53. The van der Waals surface area contributed by atoms with Crippen molar-refractivity contribution < 1.29 is 0 Å². The van der Waals surface area contributed by atoms with E-state index < -0.39 is 0 Å². The SMILES string of the molecule is [B]N1CCCC2(CCN(C)C2)C1. The predicted molar refractivity (Wildman–Crippen MR) is 51.1 cm³/mol. The van der Waals surface area contributed by atoms with Gasteiger partial charge in [0.2, 0.25) is 0 Å². The van der Waals surface area contributed by atoms with Gasteiger partial charge in [-0.15, -0.1) is 0 Å². The molecule has 1 spiro atoms. The Balaban J connectivity index is 2.00. The summed E-state index contributed by atoms with van der Waals surface area (Å²) in [6, 6.07) is 0.